The van der Waals surface area contributed by atoms with Crippen molar-refractivity contribution in [3.8, 4) is 5.75 Å². The molecule has 0 aliphatic rings. The fraction of sp³-hybridized carbons (Fsp3) is 0.235. The number of anilines is 2. The fourth-order valence-electron chi connectivity index (χ4n) is 1.90. The molecule has 0 aliphatic carbocycles. The van der Waals surface area contributed by atoms with Crippen LogP contribution in [0.3, 0.4) is 0 Å². The van der Waals surface area contributed by atoms with Crippen LogP contribution < -0.4 is 26.8 Å². The summed E-state index contributed by atoms with van der Waals surface area (Å²) in [6.45, 7) is 1.62. The third kappa shape index (κ3) is 5.83. The minimum Gasteiger partial charge on any atom is -0.423 e. The highest BCUT2D eigenvalue weighted by atomic mass is 16.5. The van der Waals surface area contributed by atoms with E-state index in [1.807, 2.05) is 0 Å². The number of pyridine rings is 1. The highest BCUT2D eigenvalue weighted by molar-refractivity contribution is 5.93. The molecular formula is C17H21N7O3. The SMILES string of the molecule is CNCC(=O)Oc1ccccc1/N=N/c1ccc(NC(=O)[C@H](C)N)nc1N. The average Bonchev–Trinajstić information content (AvgIpc) is 2.62. The Kier molecular flexibility index (Phi) is 6.92. The molecule has 142 valence electrons. The van der Waals surface area contributed by atoms with Crippen LogP contribution in [0, 0.1) is 0 Å². The van der Waals surface area contributed by atoms with Crippen molar-refractivity contribution in [1.82, 2.24) is 10.3 Å². The number of likely N-dealkylation sites (N-methyl/N-ethyl adjacent to an activating group) is 1. The Morgan fingerprint density at radius 3 is 2.56 bits per heavy atom. The van der Waals surface area contributed by atoms with Gasteiger partial charge in [-0.25, -0.2) is 4.98 Å². The summed E-state index contributed by atoms with van der Waals surface area (Å²) in [6.07, 6.45) is 0. The van der Waals surface area contributed by atoms with E-state index in [4.69, 9.17) is 16.2 Å². The van der Waals surface area contributed by atoms with Crippen LogP contribution >= 0.6 is 0 Å². The Bertz CT molecular complexity index is 852. The average molecular weight is 371 g/mol. The summed E-state index contributed by atoms with van der Waals surface area (Å²) in [5.41, 5.74) is 12.0. The molecular weight excluding hydrogens is 350 g/mol. The van der Waals surface area contributed by atoms with E-state index < -0.39 is 12.0 Å². The molecule has 27 heavy (non-hydrogen) atoms. The van der Waals surface area contributed by atoms with Gasteiger partial charge < -0.3 is 26.8 Å². The second-order valence-electron chi connectivity index (χ2n) is 5.55. The van der Waals surface area contributed by atoms with E-state index in [2.05, 4.69) is 25.8 Å². The Morgan fingerprint density at radius 2 is 1.89 bits per heavy atom. The molecule has 2 rings (SSSR count). The van der Waals surface area contributed by atoms with Gasteiger partial charge in [0, 0.05) is 0 Å². The number of hydrogen-bond acceptors (Lipinski definition) is 9. The van der Waals surface area contributed by atoms with Gasteiger partial charge in [-0.2, -0.15) is 0 Å². The molecule has 0 radical (unpaired) electrons. The molecule has 0 fully saturated rings. The number of ether oxygens (including phenoxy) is 1. The second kappa shape index (κ2) is 9.36. The van der Waals surface area contributed by atoms with Gasteiger partial charge in [-0.1, -0.05) is 12.1 Å². The lowest BCUT2D eigenvalue weighted by molar-refractivity contribution is -0.133. The van der Waals surface area contributed by atoms with Gasteiger partial charge >= 0.3 is 5.97 Å². The van der Waals surface area contributed by atoms with Gasteiger partial charge in [0.1, 0.15) is 17.2 Å². The van der Waals surface area contributed by atoms with Crippen molar-refractivity contribution in [3.63, 3.8) is 0 Å². The van der Waals surface area contributed by atoms with E-state index in [1.165, 1.54) is 6.07 Å². The Hall–Kier alpha value is -3.37. The lowest BCUT2D eigenvalue weighted by Gasteiger charge is -2.08. The highest BCUT2D eigenvalue weighted by Gasteiger charge is 2.11. The third-order valence-electron chi connectivity index (χ3n) is 3.24. The van der Waals surface area contributed by atoms with Crippen LogP contribution in [0.2, 0.25) is 0 Å². The van der Waals surface area contributed by atoms with Crippen LogP contribution in [-0.4, -0.2) is 36.5 Å². The molecule has 2 aromatic rings. The number of amides is 1. The van der Waals surface area contributed by atoms with Gasteiger partial charge in [-0.3, -0.25) is 9.59 Å². The van der Waals surface area contributed by atoms with Gasteiger partial charge in [-0.05, 0) is 38.2 Å². The molecule has 6 N–H and O–H groups in total. The summed E-state index contributed by atoms with van der Waals surface area (Å²) in [5.74, 6) is -0.223. The predicted molar refractivity (Wildman–Crippen MR) is 101 cm³/mol. The largest absolute Gasteiger partial charge is 0.423 e. The van der Waals surface area contributed by atoms with E-state index in [-0.39, 0.29) is 29.8 Å². The first-order chi connectivity index (χ1) is 12.9. The molecule has 0 spiro atoms. The first-order valence-corrected chi connectivity index (χ1v) is 8.09. The van der Waals surface area contributed by atoms with Crippen LogP contribution in [-0.2, 0) is 9.59 Å². The van der Waals surface area contributed by atoms with Gasteiger partial charge in [-0.15, -0.1) is 10.2 Å². The van der Waals surface area contributed by atoms with Crippen molar-refractivity contribution in [2.24, 2.45) is 16.0 Å². The summed E-state index contributed by atoms with van der Waals surface area (Å²) >= 11 is 0. The summed E-state index contributed by atoms with van der Waals surface area (Å²) in [4.78, 5) is 27.3. The third-order valence-corrected chi connectivity index (χ3v) is 3.24. The number of carbonyl (C=O) groups is 2. The fourth-order valence-corrected chi connectivity index (χ4v) is 1.90. The van der Waals surface area contributed by atoms with Crippen molar-refractivity contribution in [2.45, 2.75) is 13.0 Å². The molecule has 1 amide bonds. The number of rotatable bonds is 7. The second-order valence-corrected chi connectivity index (χ2v) is 5.55. The molecule has 0 aliphatic heterocycles. The number of carbonyl (C=O) groups excluding carboxylic acids is 2. The maximum atomic E-state index is 11.6. The molecule has 0 unspecified atom stereocenters. The van der Waals surface area contributed by atoms with Crippen LogP contribution in [0.4, 0.5) is 23.0 Å². The number of hydrogen-bond donors (Lipinski definition) is 4. The van der Waals surface area contributed by atoms with E-state index >= 15 is 0 Å². The Morgan fingerprint density at radius 1 is 1.19 bits per heavy atom. The maximum Gasteiger partial charge on any atom is 0.325 e. The van der Waals surface area contributed by atoms with Crippen molar-refractivity contribution < 1.29 is 14.3 Å². The summed E-state index contributed by atoms with van der Waals surface area (Å²) in [7, 11) is 1.64. The minimum atomic E-state index is -0.672. The van der Waals surface area contributed by atoms with Crippen LogP contribution in [0.5, 0.6) is 5.75 Å². The van der Waals surface area contributed by atoms with Gasteiger partial charge in [0.15, 0.2) is 11.6 Å². The first kappa shape index (κ1) is 19.9. The Labute approximate surface area is 156 Å². The molecule has 10 heteroatoms. The van der Waals surface area contributed by atoms with E-state index in [0.29, 0.717) is 11.4 Å². The normalized spacial score (nSPS) is 12.0. The number of benzene rings is 1. The zero-order valence-electron chi connectivity index (χ0n) is 15.0. The molecule has 1 heterocycles. The smallest absolute Gasteiger partial charge is 0.325 e. The van der Waals surface area contributed by atoms with Gasteiger partial charge in [0.05, 0.1) is 12.6 Å². The van der Waals surface area contributed by atoms with Crippen molar-refractivity contribution >= 4 is 34.9 Å². The maximum absolute atomic E-state index is 11.6. The van der Waals surface area contributed by atoms with Crippen molar-refractivity contribution in [3.05, 3.63) is 36.4 Å². The lowest BCUT2D eigenvalue weighted by atomic mass is 10.3. The zero-order valence-corrected chi connectivity index (χ0v) is 15.0. The molecule has 0 bridgehead atoms. The number of aromatic nitrogens is 1. The highest BCUT2D eigenvalue weighted by Crippen LogP contribution is 2.30. The van der Waals surface area contributed by atoms with Crippen LogP contribution in [0.25, 0.3) is 0 Å². The number of nitrogens with two attached hydrogens (primary N) is 2. The van der Waals surface area contributed by atoms with Crippen LogP contribution in [0.1, 0.15) is 6.92 Å². The van der Waals surface area contributed by atoms with Crippen molar-refractivity contribution in [1.29, 1.82) is 0 Å². The van der Waals surface area contributed by atoms with Gasteiger partial charge in [0.2, 0.25) is 5.91 Å². The predicted octanol–water partition coefficient (Wildman–Crippen LogP) is 1.49. The van der Waals surface area contributed by atoms with Crippen LogP contribution in [0.15, 0.2) is 46.6 Å². The summed E-state index contributed by atoms with van der Waals surface area (Å²) in [6, 6.07) is 9.12. The molecule has 1 aromatic carbocycles. The quantitative estimate of drug-likeness (QED) is 0.326. The minimum absolute atomic E-state index is 0.0664. The molecule has 1 atom stereocenters. The number of para-hydroxylation sites is 1. The number of nitrogen functional groups attached to an aromatic ring is 1. The monoisotopic (exact) mass is 371 g/mol. The molecule has 0 saturated carbocycles. The molecule has 1 aromatic heterocycles. The molecule has 0 saturated heterocycles. The zero-order chi connectivity index (χ0) is 19.8. The number of nitrogens with zero attached hydrogens (tertiary/aromatic N) is 3. The van der Waals surface area contributed by atoms with E-state index in [9.17, 15) is 9.59 Å². The number of nitrogens with one attached hydrogen (secondary N) is 2. The lowest BCUT2D eigenvalue weighted by Crippen LogP contribution is -2.32. The van der Waals surface area contributed by atoms with E-state index in [1.54, 1.807) is 44.3 Å². The summed E-state index contributed by atoms with van der Waals surface area (Å²) < 4.78 is 5.23. The molecule has 10 nitrogen and oxygen atoms in total. The van der Waals surface area contributed by atoms with Gasteiger partial charge in [0.25, 0.3) is 0 Å². The Balaban J connectivity index is 2.16. The number of azo groups is 1. The first-order valence-electron chi connectivity index (χ1n) is 8.09. The summed E-state index contributed by atoms with van der Waals surface area (Å²) in [5, 5.41) is 13.3. The van der Waals surface area contributed by atoms with Crippen molar-refractivity contribution in [2.75, 3.05) is 24.6 Å². The topological polar surface area (TPSA) is 157 Å². The number of esters is 1. The van der Waals surface area contributed by atoms with E-state index in [0.717, 1.165) is 0 Å². The standard InChI is InChI=1S/C17H21N7O3/c1-10(18)17(26)22-14-8-7-12(16(19)21-14)24-23-11-5-3-4-6-13(11)27-15(25)9-20-2/h3-8,10,20H,9,18H2,1-2H3,(H3,19,21,22,26)/b24-23+/t10-/m0/s1.